The van der Waals surface area contributed by atoms with E-state index in [1.54, 1.807) is 0 Å². The minimum atomic E-state index is 0.274. The molecule has 3 heteroatoms. The summed E-state index contributed by atoms with van der Waals surface area (Å²) in [4.78, 5) is 2.26. The highest BCUT2D eigenvalue weighted by Crippen LogP contribution is 1.88. The fourth-order valence-electron chi connectivity index (χ4n) is 0.841. The molecule has 2 N–H and O–H groups in total. The number of aliphatic hydroxyl groups is 1. The van der Waals surface area contributed by atoms with Gasteiger partial charge < -0.3 is 15.3 Å². The third-order valence-electron chi connectivity index (χ3n) is 2.01. The highest BCUT2D eigenvalue weighted by molar-refractivity contribution is 4.56. The highest BCUT2D eigenvalue weighted by atomic mass is 16.3. The lowest BCUT2D eigenvalue weighted by atomic mass is 10.2. The van der Waals surface area contributed by atoms with Crippen LogP contribution in [0.25, 0.3) is 0 Å². The van der Waals surface area contributed by atoms with Crippen LogP contribution in [0.3, 0.4) is 0 Å². The molecule has 0 rings (SSSR count). The van der Waals surface area contributed by atoms with Crippen molar-refractivity contribution in [2.45, 2.75) is 13.8 Å². The summed E-state index contributed by atoms with van der Waals surface area (Å²) in [6.07, 6.45) is 0. The second kappa shape index (κ2) is 7.53. The Labute approximate surface area is 75.8 Å². The van der Waals surface area contributed by atoms with Crippen LogP contribution in [0.2, 0.25) is 0 Å². The van der Waals surface area contributed by atoms with Crippen LogP contribution in [0.1, 0.15) is 13.8 Å². The summed E-state index contributed by atoms with van der Waals surface area (Å²) < 4.78 is 0. The number of aliphatic hydroxyl groups excluding tert-OH is 1. The Morgan fingerprint density at radius 2 is 2.17 bits per heavy atom. The number of hydrogen-bond acceptors (Lipinski definition) is 3. The van der Waals surface area contributed by atoms with Crippen LogP contribution in [-0.2, 0) is 0 Å². The average molecular weight is 174 g/mol. The van der Waals surface area contributed by atoms with Gasteiger partial charge in [0.25, 0.3) is 0 Å². The van der Waals surface area contributed by atoms with E-state index >= 15 is 0 Å². The first-order chi connectivity index (χ1) is 5.70. The van der Waals surface area contributed by atoms with E-state index in [9.17, 15) is 0 Å². The van der Waals surface area contributed by atoms with Gasteiger partial charge in [-0.1, -0.05) is 13.8 Å². The van der Waals surface area contributed by atoms with Crippen LogP contribution in [0.5, 0.6) is 0 Å². The van der Waals surface area contributed by atoms with Gasteiger partial charge in [0.05, 0.1) is 0 Å². The molecule has 0 aromatic heterocycles. The van der Waals surface area contributed by atoms with Crippen LogP contribution in [-0.4, -0.2) is 49.8 Å². The maximum Gasteiger partial charge on any atom is 0.0468 e. The summed E-state index contributed by atoms with van der Waals surface area (Å²) >= 11 is 0. The lowest BCUT2D eigenvalue weighted by Gasteiger charge is -2.15. The molecular formula is C9H22N2O. The fourth-order valence-corrected chi connectivity index (χ4v) is 0.841. The van der Waals surface area contributed by atoms with Crippen LogP contribution in [0.4, 0.5) is 0 Å². The zero-order valence-corrected chi connectivity index (χ0v) is 8.51. The minimum Gasteiger partial charge on any atom is -0.396 e. The van der Waals surface area contributed by atoms with E-state index < -0.39 is 0 Å². The molecule has 1 unspecified atom stereocenters. The van der Waals surface area contributed by atoms with Crippen LogP contribution >= 0.6 is 0 Å². The number of nitrogens with zero attached hydrogens (tertiary/aromatic N) is 1. The van der Waals surface area contributed by atoms with Gasteiger partial charge >= 0.3 is 0 Å². The molecule has 0 bridgehead atoms. The third kappa shape index (κ3) is 6.58. The predicted octanol–water partition coefficient (Wildman–Crippen LogP) is 0.156. The molecule has 0 saturated heterocycles. The van der Waals surface area contributed by atoms with Crippen LogP contribution < -0.4 is 5.32 Å². The molecule has 0 aliphatic carbocycles. The molecule has 0 amide bonds. The smallest absolute Gasteiger partial charge is 0.0468 e. The molecule has 12 heavy (non-hydrogen) atoms. The molecule has 74 valence electrons. The van der Waals surface area contributed by atoms with Crippen molar-refractivity contribution in [1.82, 2.24) is 10.2 Å². The Morgan fingerprint density at radius 3 is 2.67 bits per heavy atom. The van der Waals surface area contributed by atoms with E-state index in [0.717, 1.165) is 26.2 Å². The normalized spacial score (nSPS) is 13.8. The SMILES string of the molecule is CCN(C)CCNCC(C)CO. The number of nitrogens with one attached hydrogen (secondary N) is 1. The molecule has 0 aliphatic rings. The van der Waals surface area contributed by atoms with E-state index in [0.29, 0.717) is 5.92 Å². The molecule has 0 spiro atoms. The van der Waals surface area contributed by atoms with E-state index in [2.05, 4.69) is 24.2 Å². The molecule has 0 aromatic carbocycles. The van der Waals surface area contributed by atoms with Crippen molar-refractivity contribution in [3.63, 3.8) is 0 Å². The van der Waals surface area contributed by atoms with Crippen molar-refractivity contribution >= 4 is 0 Å². The van der Waals surface area contributed by atoms with E-state index in [4.69, 9.17) is 5.11 Å². The summed E-state index contributed by atoms with van der Waals surface area (Å²) in [7, 11) is 2.11. The number of hydrogen-bond donors (Lipinski definition) is 2. The topological polar surface area (TPSA) is 35.5 Å². The molecule has 0 heterocycles. The summed E-state index contributed by atoms with van der Waals surface area (Å²) in [5.74, 6) is 0.372. The van der Waals surface area contributed by atoms with Crippen molar-refractivity contribution in [1.29, 1.82) is 0 Å². The molecule has 0 fully saturated rings. The van der Waals surface area contributed by atoms with Gasteiger partial charge in [0.15, 0.2) is 0 Å². The zero-order chi connectivity index (χ0) is 9.40. The first-order valence-electron chi connectivity index (χ1n) is 4.70. The molecule has 0 saturated carbocycles. The molecule has 0 aliphatic heterocycles. The van der Waals surface area contributed by atoms with Crippen molar-refractivity contribution in [2.75, 3.05) is 39.8 Å². The largest absolute Gasteiger partial charge is 0.396 e. The molecule has 0 radical (unpaired) electrons. The monoisotopic (exact) mass is 174 g/mol. The maximum atomic E-state index is 8.74. The van der Waals surface area contributed by atoms with Crippen molar-refractivity contribution in [3.05, 3.63) is 0 Å². The van der Waals surface area contributed by atoms with Gasteiger partial charge in [-0.25, -0.2) is 0 Å². The fraction of sp³-hybridized carbons (Fsp3) is 1.00. The Balaban J connectivity index is 3.10. The van der Waals surface area contributed by atoms with Gasteiger partial charge in [-0.2, -0.15) is 0 Å². The van der Waals surface area contributed by atoms with Crippen LogP contribution in [0.15, 0.2) is 0 Å². The lowest BCUT2D eigenvalue weighted by Crippen LogP contribution is -2.32. The lowest BCUT2D eigenvalue weighted by molar-refractivity contribution is 0.232. The van der Waals surface area contributed by atoms with Crippen molar-refractivity contribution in [2.24, 2.45) is 5.92 Å². The Morgan fingerprint density at radius 1 is 1.50 bits per heavy atom. The van der Waals surface area contributed by atoms with Gasteiger partial charge in [-0.15, -0.1) is 0 Å². The van der Waals surface area contributed by atoms with Gasteiger partial charge in [-0.05, 0) is 26.1 Å². The summed E-state index contributed by atoms with van der Waals surface area (Å²) in [5, 5.41) is 12.0. The Bertz CT molecular complexity index is 86.5. The predicted molar refractivity (Wildman–Crippen MR) is 52.3 cm³/mol. The summed E-state index contributed by atoms with van der Waals surface area (Å²) in [6.45, 7) is 8.55. The Kier molecular flexibility index (Phi) is 7.45. The third-order valence-corrected chi connectivity index (χ3v) is 2.01. The standard InChI is InChI=1S/C9H22N2O/c1-4-11(3)6-5-10-7-9(2)8-12/h9-10,12H,4-8H2,1-3H3. The van der Waals surface area contributed by atoms with Gasteiger partial charge in [0.2, 0.25) is 0 Å². The summed E-state index contributed by atoms with van der Waals surface area (Å²) in [5.41, 5.74) is 0. The average Bonchev–Trinajstić information content (AvgIpc) is 2.11. The first-order valence-corrected chi connectivity index (χ1v) is 4.70. The van der Waals surface area contributed by atoms with E-state index in [1.807, 2.05) is 6.92 Å². The van der Waals surface area contributed by atoms with E-state index in [1.165, 1.54) is 0 Å². The number of rotatable bonds is 7. The quantitative estimate of drug-likeness (QED) is 0.540. The van der Waals surface area contributed by atoms with Gasteiger partial charge in [0.1, 0.15) is 0 Å². The molecule has 3 nitrogen and oxygen atoms in total. The molecule has 0 aromatic rings. The van der Waals surface area contributed by atoms with Crippen molar-refractivity contribution < 1.29 is 5.11 Å². The van der Waals surface area contributed by atoms with Gasteiger partial charge in [0, 0.05) is 19.7 Å². The Hall–Kier alpha value is -0.120. The molecule has 1 atom stereocenters. The number of likely N-dealkylation sites (N-methyl/N-ethyl adjacent to an activating group) is 1. The van der Waals surface area contributed by atoms with Crippen molar-refractivity contribution in [3.8, 4) is 0 Å². The van der Waals surface area contributed by atoms with Crippen LogP contribution in [0, 0.1) is 5.92 Å². The summed E-state index contributed by atoms with van der Waals surface area (Å²) in [6, 6.07) is 0. The zero-order valence-electron chi connectivity index (χ0n) is 8.51. The minimum absolute atomic E-state index is 0.274. The highest BCUT2D eigenvalue weighted by Gasteiger charge is 1.98. The molecular weight excluding hydrogens is 152 g/mol. The maximum absolute atomic E-state index is 8.74. The first kappa shape index (κ1) is 11.9. The van der Waals surface area contributed by atoms with Gasteiger partial charge in [-0.3, -0.25) is 0 Å². The second-order valence-corrected chi connectivity index (χ2v) is 3.39. The van der Waals surface area contributed by atoms with E-state index in [-0.39, 0.29) is 6.61 Å². The second-order valence-electron chi connectivity index (χ2n) is 3.39.